The molecule has 0 aliphatic rings. The Bertz CT molecular complexity index is 302. The number of hydrogen-bond donors (Lipinski definition) is 2. The Kier molecular flexibility index (Phi) is 3.35. The van der Waals surface area contributed by atoms with Crippen molar-refractivity contribution in [2.24, 2.45) is 0 Å². The molecule has 72 valence electrons. The Morgan fingerprint density at radius 2 is 1.92 bits per heavy atom. The van der Waals surface area contributed by atoms with E-state index in [1.807, 2.05) is 0 Å². The van der Waals surface area contributed by atoms with E-state index >= 15 is 0 Å². The van der Waals surface area contributed by atoms with E-state index in [1.165, 1.54) is 6.20 Å². The zero-order valence-electron chi connectivity index (χ0n) is 7.40. The molecule has 0 radical (unpaired) electrons. The van der Waals surface area contributed by atoms with Gasteiger partial charge in [0.1, 0.15) is 10.3 Å². The zero-order valence-corrected chi connectivity index (χ0v) is 8.98. The summed E-state index contributed by atoms with van der Waals surface area (Å²) in [5, 5.41) is 18.4. The van der Waals surface area contributed by atoms with Crippen LogP contribution in [-0.2, 0) is 0 Å². The van der Waals surface area contributed by atoms with Crippen LogP contribution >= 0.6 is 15.9 Å². The first kappa shape index (κ1) is 10.6. The van der Waals surface area contributed by atoms with Gasteiger partial charge in [-0.25, -0.2) is 4.98 Å². The van der Waals surface area contributed by atoms with Gasteiger partial charge >= 0.3 is 0 Å². The molecule has 0 aliphatic carbocycles. The zero-order chi connectivity index (χ0) is 10.0. The number of aliphatic hydroxyl groups is 2. The second kappa shape index (κ2) is 4.13. The number of halogens is 1. The maximum Gasteiger partial charge on any atom is 0.130 e. The molecule has 1 heterocycles. The van der Waals surface area contributed by atoms with Crippen molar-refractivity contribution in [1.82, 2.24) is 9.97 Å². The first-order valence-corrected chi connectivity index (χ1v) is 4.70. The molecular formula is C8H11BrN2O2. The van der Waals surface area contributed by atoms with Gasteiger partial charge in [-0.1, -0.05) is 0 Å². The molecular weight excluding hydrogens is 236 g/mol. The summed E-state index contributed by atoms with van der Waals surface area (Å²) in [6.45, 7) is 3.22. The smallest absolute Gasteiger partial charge is 0.130 e. The highest BCUT2D eigenvalue weighted by Crippen LogP contribution is 2.20. The SMILES string of the molecule is CC(O)c1cnc(C(C)O)c(Br)n1. The van der Waals surface area contributed by atoms with Crippen molar-refractivity contribution in [3.05, 3.63) is 22.2 Å². The summed E-state index contributed by atoms with van der Waals surface area (Å²) >= 11 is 3.17. The van der Waals surface area contributed by atoms with Gasteiger partial charge in [0.15, 0.2) is 0 Å². The number of aliphatic hydroxyl groups excluding tert-OH is 2. The van der Waals surface area contributed by atoms with Gasteiger partial charge in [-0.15, -0.1) is 0 Å². The van der Waals surface area contributed by atoms with Gasteiger partial charge in [0.25, 0.3) is 0 Å². The number of nitrogens with zero attached hydrogens (tertiary/aromatic N) is 2. The molecule has 1 aromatic rings. The molecule has 0 bridgehead atoms. The standard InChI is InChI=1S/C8H11BrN2O2/c1-4(12)6-3-10-7(5(2)13)8(9)11-6/h3-5,12-13H,1-2H3. The Morgan fingerprint density at radius 3 is 2.31 bits per heavy atom. The predicted molar refractivity (Wildman–Crippen MR) is 51.0 cm³/mol. The quantitative estimate of drug-likeness (QED) is 0.827. The molecule has 0 amide bonds. The fourth-order valence-corrected chi connectivity index (χ4v) is 1.51. The Labute approximate surface area is 84.8 Å². The van der Waals surface area contributed by atoms with Crippen molar-refractivity contribution < 1.29 is 10.2 Å². The van der Waals surface area contributed by atoms with Crippen molar-refractivity contribution in [2.45, 2.75) is 26.1 Å². The van der Waals surface area contributed by atoms with Crippen LogP contribution < -0.4 is 0 Å². The number of hydrogen-bond acceptors (Lipinski definition) is 4. The third kappa shape index (κ3) is 2.46. The highest BCUT2D eigenvalue weighted by molar-refractivity contribution is 9.10. The Balaban J connectivity index is 3.06. The summed E-state index contributed by atoms with van der Waals surface area (Å²) in [7, 11) is 0. The Hall–Kier alpha value is -0.520. The average Bonchev–Trinajstić information content (AvgIpc) is 2.03. The summed E-state index contributed by atoms with van der Waals surface area (Å²) in [6, 6.07) is 0. The van der Waals surface area contributed by atoms with E-state index in [4.69, 9.17) is 0 Å². The highest BCUT2D eigenvalue weighted by Gasteiger charge is 2.11. The topological polar surface area (TPSA) is 66.2 Å². The summed E-state index contributed by atoms with van der Waals surface area (Å²) in [4.78, 5) is 8.02. The van der Waals surface area contributed by atoms with Crippen LogP contribution in [0.1, 0.15) is 37.4 Å². The fourth-order valence-electron chi connectivity index (χ4n) is 0.870. The number of rotatable bonds is 2. The fraction of sp³-hybridized carbons (Fsp3) is 0.500. The molecule has 0 spiro atoms. The van der Waals surface area contributed by atoms with Crippen LogP contribution in [0.5, 0.6) is 0 Å². The lowest BCUT2D eigenvalue weighted by Crippen LogP contribution is -2.03. The average molecular weight is 247 g/mol. The second-order valence-electron chi connectivity index (χ2n) is 2.82. The van der Waals surface area contributed by atoms with Gasteiger partial charge in [-0.3, -0.25) is 4.98 Å². The van der Waals surface area contributed by atoms with Gasteiger partial charge in [0.2, 0.25) is 0 Å². The van der Waals surface area contributed by atoms with Crippen LogP contribution in [0, 0.1) is 0 Å². The van der Waals surface area contributed by atoms with Crippen LogP contribution in [0.3, 0.4) is 0 Å². The van der Waals surface area contributed by atoms with Gasteiger partial charge < -0.3 is 10.2 Å². The maximum absolute atomic E-state index is 9.24. The number of aromatic nitrogens is 2. The lowest BCUT2D eigenvalue weighted by atomic mass is 10.2. The minimum atomic E-state index is -0.662. The molecule has 1 aromatic heterocycles. The lowest BCUT2D eigenvalue weighted by molar-refractivity contribution is 0.186. The summed E-state index contributed by atoms with van der Waals surface area (Å²) in [6.07, 6.45) is 0.147. The molecule has 13 heavy (non-hydrogen) atoms. The molecule has 5 heteroatoms. The van der Waals surface area contributed by atoms with Crippen LogP contribution in [0.25, 0.3) is 0 Å². The van der Waals surface area contributed by atoms with Crippen molar-refractivity contribution in [1.29, 1.82) is 0 Å². The van der Waals surface area contributed by atoms with Gasteiger partial charge in [-0.2, -0.15) is 0 Å². The van der Waals surface area contributed by atoms with Crippen LogP contribution in [0.15, 0.2) is 10.8 Å². The van der Waals surface area contributed by atoms with Gasteiger partial charge in [-0.05, 0) is 29.8 Å². The van der Waals surface area contributed by atoms with E-state index in [0.717, 1.165) is 0 Å². The van der Waals surface area contributed by atoms with E-state index < -0.39 is 12.2 Å². The third-order valence-electron chi connectivity index (χ3n) is 1.60. The maximum atomic E-state index is 9.24. The molecule has 2 N–H and O–H groups in total. The summed E-state index contributed by atoms with van der Waals surface area (Å²) in [5.74, 6) is 0. The largest absolute Gasteiger partial charge is 0.387 e. The van der Waals surface area contributed by atoms with Crippen LogP contribution in [-0.4, -0.2) is 20.2 Å². The van der Waals surface area contributed by atoms with E-state index in [0.29, 0.717) is 16.0 Å². The van der Waals surface area contributed by atoms with Gasteiger partial charge in [0.05, 0.1) is 24.1 Å². The molecule has 0 saturated heterocycles. The Morgan fingerprint density at radius 1 is 1.31 bits per heavy atom. The van der Waals surface area contributed by atoms with Crippen molar-refractivity contribution >= 4 is 15.9 Å². The molecule has 0 aromatic carbocycles. The summed E-state index contributed by atoms with van der Waals surface area (Å²) < 4.78 is 0.473. The molecule has 2 atom stereocenters. The normalized spacial score (nSPS) is 15.5. The second-order valence-corrected chi connectivity index (χ2v) is 3.57. The first-order chi connectivity index (χ1) is 6.02. The van der Waals surface area contributed by atoms with E-state index in [1.54, 1.807) is 13.8 Å². The minimum Gasteiger partial charge on any atom is -0.387 e. The molecule has 4 nitrogen and oxygen atoms in total. The third-order valence-corrected chi connectivity index (χ3v) is 2.18. The van der Waals surface area contributed by atoms with Crippen molar-refractivity contribution in [3.63, 3.8) is 0 Å². The molecule has 0 aliphatic heterocycles. The molecule has 1 rings (SSSR count). The van der Waals surface area contributed by atoms with E-state index in [9.17, 15) is 10.2 Å². The minimum absolute atomic E-state index is 0.473. The van der Waals surface area contributed by atoms with Crippen LogP contribution in [0.4, 0.5) is 0 Å². The van der Waals surface area contributed by atoms with E-state index in [-0.39, 0.29) is 0 Å². The molecule has 0 fully saturated rings. The predicted octanol–water partition coefficient (Wildman–Crippen LogP) is 1.35. The summed E-state index contributed by atoms with van der Waals surface area (Å²) in [5.41, 5.74) is 0.959. The first-order valence-electron chi connectivity index (χ1n) is 3.91. The van der Waals surface area contributed by atoms with E-state index in [2.05, 4.69) is 25.9 Å². The molecule has 0 saturated carbocycles. The van der Waals surface area contributed by atoms with Crippen LogP contribution in [0.2, 0.25) is 0 Å². The van der Waals surface area contributed by atoms with Crippen molar-refractivity contribution in [2.75, 3.05) is 0 Å². The highest BCUT2D eigenvalue weighted by atomic mass is 79.9. The lowest BCUT2D eigenvalue weighted by Gasteiger charge is -2.08. The van der Waals surface area contributed by atoms with Gasteiger partial charge in [0, 0.05) is 0 Å². The molecule has 2 unspecified atom stereocenters. The monoisotopic (exact) mass is 246 g/mol. The van der Waals surface area contributed by atoms with Crippen molar-refractivity contribution in [3.8, 4) is 0 Å².